The van der Waals surface area contributed by atoms with Crippen molar-refractivity contribution in [3.8, 4) is 0 Å². The summed E-state index contributed by atoms with van der Waals surface area (Å²) in [5, 5.41) is 16.2. The molecule has 0 unspecified atom stereocenters. The molecule has 0 heterocycles. The molecule has 0 saturated heterocycles. The van der Waals surface area contributed by atoms with Gasteiger partial charge in [-0.05, 0) is 89.0 Å². The Morgan fingerprint density at radius 1 is 0.326 bits per heavy atom. The standard InChI is InChI=1S/C42H34S/c1-25(2)27-21-23-37(41-35-19-11-7-15-31(35)29-13-5-9-17-33(29)39(27)41)43-38-24-22-28(26(3)4)40-34-18-10-6-14-30(34)32-16-8-12-20-36(32)42(38)40/h5-26H,1-4H3. The van der Waals surface area contributed by atoms with E-state index >= 15 is 0 Å². The first-order valence-corrected chi connectivity index (χ1v) is 16.2. The summed E-state index contributed by atoms with van der Waals surface area (Å²) < 4.78 is 0. The highest BCUT2D eigenvalue weighted by molar-refractivity contribution is 7.99. The topological polar surface area (TPSA) is 0 Å². The molecule has 0 aromatic heterocycles. The Morgan fingerprint density at radius 3 is 0.907 bits per heavy atom. The minimum absolute atomic E-state index is 0.424. The molecule has 0 aliphatic carbocycles. The van der Waals surface area contributed by atoms with Crippen LogP contribution in [-0.4, -0.2) is 0 Å². The van der Waals surface area contributed by atoms with Crippen molar-refractivity contribution in [1.29, 1.82) is 0 Å². The second-order valence-electron chi connectivity index (χ2n) is 12.4. The van der Waals surface area contributed by atoms with E-state index in [4.69, 9.17) is 0 Å². The minimum Gasteiger partial charge on any atom is -0.0887 e. The van der Waals surface area contributed by atoms with E-state index in [1.807, 2.05) is 11.8 Å². The lowest BCUT2D eigenvalue weighted by atomic mass is 9.88. The normalized spacial score (nSPS) is 12.2. The molecule has 43 heavy (non-hydrogen) atoms. The molecule has 0 fully saturated rings. The zero-order valence-electron chi connectivity index (χ0n) is 25.1. The van der Waals surface area contributed by atoms with Crippen LogP contribution < -0.4 is 0 Å². The fourth-order valence-electron chi connectivity index (χ4n) is 7.31. The molecule has 1 heteroatoms. The maximum Gasteiger partial charge on any atom is 0.0207 e. The quantitative estimate of drug-likeness (QED) is 0.190. The van der Waals surface area contributed by atoms with E-state index in [0.717, 1.165) is 0 Å². The van der Waals surface area contributed by atoms with Crippen LogP contribution in [0.1, 0.15) is 50.7 Å². The molecule has 208 valence electrons. The van der Waals surface area contributed by atoms with Gasteiger partial charge in [0.15, 0.2) is 0 Å². The summed E-state index contributed by atoms with van der Waals surface area (Å²) in [6, 6.07) is 45.4. The summed E-state index contributed by atoms with van der Waals surface area (Å²) in [5.41, 5.74) is 2.83. The predicted molar refractivity (Wildman–Crippen MR) is 190 cm³/mol. The minimum atomic E-state index is 0.424. The fraction of sp³-hybridized carbons (Fsp3) is 0.143. The largest absolute Gasteiger partial charge is 0.0887 e. The highest BCUT2D eigenvalue weighted by Gasteiger charge is 2.20. The van der Waals surface area contributed by atoms with Gasteiger partial charge in [-0.3, -0.25) is 0 Å². The van der Waals surface area contributed by atoms with Crippen molar-refractivity contribution in [2.45, 2.75) is 49.3 Å². The van der Waals surface area contributed by atoms with Gasteiger partial charge in [-0.15, -0.1) is 0 Å². The van der Waals surface area contributed by atoms with Crippen LogP contribution in [0.25, 0.3) is 64.6 Å². The van der Waals surface area contributed by atoms with Gasteiger partial charge in [-0.2, -0.15) is 0 Å². The molecule has 0 atom stereocenters. The first kappa shape index (κ1) is 26.3. The third-order valence-electron chi connectivity index (χ3n) is 9.23. The zero-order valence-corrected chi connectivity index (χ0v) is 25.9. The maximum absolute atomic E-state index is 2.38. The van der Waals surface area contributed by atoms with E-state index in [0.29, 0.717) is 11.8 Å². The molecule has 0 aliphatic heterocycles. The van der Waals surface area contributed by atoms with Crippen molar-refractivity contribution < 1.29 is 0 Å². The first-order chi connectivity index (χ1) is 21.0. The van der Waals surface area contributed by atoms with Gasteiger partial charge in [-0.1, -0.05) is 149 Å². The van der Waals surface area contributed by atoms with Gasteiger partial charge in [0.2, 0.25) is 0 Å². The summed E-state index contributed by atoms with van der Waals surface area (Å²) >= 11 is 1.93. The van der Waals surface area contributed by atoms with E-state index in [2.05, 4.69) is 149 Å². The lowest BCUT2D eigenvalue weighted by Gasteiger charge is -2.21. The van der Waals surface area contributed by atoms with Gasteiger partial charge in [-0.25, -0.2) is 0 Å². The van der Waals surface area contributed by atoms with Gasteiger partial charge < -0.3 is 0 Å². The Balaban J connectivity index is 1.52. The molecule has 0 saturated carbocycles. The summed E-state index contributed by atoms with van der Waals surface area (Å²) in [7, 11) is 0. The van der Waals surface area contributed by atoms with Crippen LogP contribution in [-0.2, 0) is 0 Å². The lowest BCUT2D eigenvalue weighted by Crippen LogP contribution is -1.95. The zero-order chi connectivity index (χ0) is 29.2. The molecular formula is C42H34S. The number of rotatable bonds is 4. The number of hydrogen-bond donors (Lipinski definition) is 0. The summed E-state index contributed by atoms with van der Waals surface area (Å²) in [5.74, 6) is 0.847. The monoisotopic (exact) mass is 570 g/mol. The average molecular weight is 571 g/mol. The lowest BCUT2D eigenvalue weighted by molar-refractivity contribution is 0.876. The van der Waals surface area contributed by atoms with Crippen molar-refractivity contribution >= 4 is 76.4 Å². The van der Waals surface area contributed by atoms with Crippen LogP contribution in [0.5, 0.6) is 0 Å². The van der Waals surface area contributed by atoms with Crippen LogP contribution in [0.15, 0.2) is 131 Å². The summed E-state index contributed by atoms with van der Waals surface area (Å²) in [6.07, 6.45) is 0. The van der Waals surface area contributed by atoms with Crippen molar-refractivity contribution in [2.75, 3.05) is 0 Å². The Hall–Kier alpha value is -4.33. The van der Waals surface area contributed by atoms with E-state index in [1.54, 1.807) is 0 Å². The molecule has 8 aromatic rings. The second-order valence-corrected chi connectivity index (χ2v) is 13.5. The van der Waals surface area contributed by atoms with Crippen molar-refractivity contribution in [3.63, 3.8) is 0 Å². The van der Waals surface area contributed by atoms with E-state index < -0.39 is 0 Å². The van der Waals surface area contributed by atoms with Crippen LogP contribution in [0.4, 0.5) is 0 Å². The summed E-state index contributed by atoms with van der Waals surface area (Å²) in [4.78, 5) is 2.63. The van der Waals surface area contributed by atoms with Gasteiger partial charge in [0.1, 0.15) is 0 Å². The van der Waals surface area contributed by atoms with Gasteiger partial charge >= 0.3 is 0 Å². The molecule has 0 N–H and O–H groups in total. The van der Waals surface area contributed by atoms with E-state index in [9.17, 15) is 0 Å². The molecule has 8 rings (SSSR count). The SMILES string of the molecule is CC(C)c1ccc(Sc2ccc(C(C)C)c3c4ccccc4c4ccccc4c23)c2c3ccccc3c3ccccc3c12. The molecule has 8 aromatic carbocycles. The van der Waals surface area contributed by atoms with E-state index in [1.165, 1.54) is 85.6 Å². The third-order valence-corrected chi connectivity index (χ3v) is 10.3. The summed E-state index contributed by atoms with van der Waals surface area (Å²) in [6.45, 7) is 9.28. The Labute approximate surface area is 257 Å². The van der Waals surface area contributed by atoms with Crippen LogP contribution in [0.2, 0.25) is 0 Å². The number of hydrogen-bond acceptors (Lipinski definition) is 1. The highest BCUT2D eigenvalue weighted by Crippen LogP contribution is 2.48. The highest BCUT2D eigenvalue weighted by atomic mass is 32.2. The Morgan fingerprint density at radius 2 is 0.605 bits per heavy atom. The Kier molecular flexibility index (Phi) is 6.21. The molecule has 0 radical (unpaired) electrons. The molecule has 0 nitrogen and oxygen atoms in total. The average Bonchev–Trinajstić information content (AvgIpc) is 3.04. The van der Waals surface area contributed by atoms with Gasteiger partial charge in [0.25, 0.3) is 0 Å². The van der Waals surface area contributed by atoms with E-state index in [-0.39, 0.29) is 0 Å². The number of benzene rings is 8. The maximum atomic E-state index is 2.38. The van der Waals surface area contributed by atoms with Gasteiger partial charge in [0.05, 0.1) is 0 Å². The van der Waals surface area contributed by atoms with Crippen molar-refractivity contribution in [1.82, 2.24) is 0 Å². The smallest absolute Gasteiger partial charge is 0.0207 e. The fourth-order valence-corrected chi connectivity index (χ4v) is 8.45. The first-order valence-electron chi connectivity index (χ1n) is 15.4. The number of fused-ring (bicyclic) bond motifs is 12. The second kappa shape index (κ2) is 10.1. The van der Waals surface area contributed by atoms with Crippen molar-refractivity contribution in [2.24, 2.45) is 0 Å². The molecule has 0 spiro atoms. The van der Waals surface area contributed by atoms with Gasteiger partial charge in [0, 0.05) is 20.6 Å². The molecule has 0 aliphatic rings. The van der Waals surface area contributed by atoms with Crippen molar-refractivity contribution in [3.05, 3.63) is 132 Å². The molecule has 0 bridgehead atoms. The van der Waals surface area contributed by atoms with Crippen LogP contribution >= 0.6 is 11.8 Å². The van der Waals surface area contributed by atoms with Crippen LogP contribution in [0.3, 0.4) is 0 Å². The third kappa shape index (κ3) is 3.98. The van der Waals surface area contributed by atoms with Crippen LogP contribution in [0, 0.1) is 0 Å². The Bertz CT molecular complexity index is 2210. The predicted octanol–water partition coefficient (Wildman–Crippen LogP) is 13.0. The molecular weight excluding hydrogens is 537 g/mol. The molecule has 0 amide bonds.